The Morgan fingerprint density at radius 2 is 1.39 bits per heavy atom. The highest BCUT2D eigenvalue weighted by Gasteiger charge is 2.20. The third-order valence-corrected chi connectivity index (χ3v) is 6.72. The maximum atomic E-state index is 13.1. The van der Waals surface area contributed by atoms with Crippen molar-refractivity contribution in [3.8, 4) is 34.3 Å². The van der Waals surface area contributed by atoms with Crippen LogP contribution in [-0.4, -0.2) is 10.5 Å². The maximum Gasteiger partial charge on any atom is 0.262 e. The Morgan fingerprint density at radius 1 is 0.816 bits per heavy atom. The average molecular weight is 558 g/mol. The minimum Gasteiger partial charge on any atom is -0.347 e. The fraction of sp³-hybridized carbons (Fsp3) is 0.0303. The van der Waals surface area contributed by atoms with Crippen molar-refractivity contribution in [2.75, 3.05) is 0 Å². The molecular formula is C33H24BrN3O. The van der Waals surface area contributed by atoms with Gasteiger partial charge in [-0.05, 0) is 53.1 Å². The molecule has 4 aromatic carbocycles. The van der Waals surface area contributed by atoms with Gasteiger partial charge in [0.05, 0.1) is 11.4 Å². The molecule has 0 unspecified atom stereocenters. The van der Waals surface area contributed by atoms with E-state index in [1.165, 1.54) is 0 Å². The van der Waals surface area contributed by atoms with Crippen LogP contribution in [0.25, 0.3) is 34.3 Å². The lowest BCUT2D eigenvalue weighted by molar-refractivity contribution is -0.117. The van der Waals surface area contributed by atoms with Crippen molar-refractivity contribution in [2.24, 2.45) is 0 Å². The quantitative estimate of drug-likeness (QED) is 0.164. The van der Waals surface area contributed by atoms with Crippen LogP contribution in [0.2, 0.25) is 0 Å². The van der Waals surface area contributed by atoms with E-state index < -0.39 is 5.91 Å². The van der Waals surface area contributed by atoms with Gasteiger partial charge in [0.25, 0.3) is 5.91 Å². The third kappa shape index (κ3) is 5.51. The van der Waals surface area contributed by atoms with E-state index in [2.05, 4.69) is 44.0 Å². The van der Waals surface area contributed by atoms with Crippen molar-refractivity contribution in [2.45, 2.75) is 6.54 Å². The number of nitrogens with one attached hydrogen (secondary N) is 1. The van der Waals surface area contributed by atoms with Crippen LogP contribution in [0.4, 0.5) is 0 Å². The number of nitriles is 1. The van der Waals surface area contributed by atoms with Crippen LogP contribution in [-0.2, 0) is 11.3 Å². The molecule has 0 radical (unpaired) electrons. The number of hydrogen-bond acceptors (Lipinski definition) is 2. The monoisotopic (exact) mass is 557 g/mol. The number of amides is 1. The van der Waals surface area contributed by atoms with E-state index in [-0.39, 0.29) is 5.57 Å². The van der Waals surface area contributed by atoms with Crippen LogP contribution in [0.3, 0.4) is 0 Å². The van der Waals surface area contributed by atoms with Crippen molar-refractivity contribution in [3.63, 3.8) is 0 Å². The zero-order valence-electron chi connectivity index (χ0n) is 20.5. The van der Waals surface area contributed by atoms with Crippen LogP contribution in [0, 0.1) is 11.3 Å². The van der Waals surface area contributed by atoms with Crippen molar-refractivity contribution in [1.29, 1.82) is 5.26 Å². The van der Waals surface area contributed by atoms with Crippen molar-refractivity contribution in [1.82, 2.24) is 9.88 Å². The third-order valence-electron chi connectivity index (χ3n) is 6.19. The Balaban J connectivity index is 1.67. The van der Waals surface area contributed by atoms with E-state index in [1.807, 2.05) is 109 Å². The lowest BCUT2D eigenvalue weighted by Gasteiger charge is -2.15. The summed E-state index contributed by atoms with van der Waals surface area (Å²) < 4.78 is 3.16. The van der Waals surface area contributed by atoms with Gasteiger partial charge < -0.3 is 9.88 Å². The Labute approximate surface area is 230 Å². The normalized spacial score (nSPS) is 11.1. The summed E-state index contributed by atoms with van der Waals surface area (Å²) in [6, 6.07) is 42.1. The first kappa shape index (κ1) is 25.0. The van der Waals surface area contributed by atoms with E-state index in [1.54, 1.807) is 6.08 Å². The van der Waals surface area contributed by atoms with Crippen LogP contribution in [0.1, 0.15) is 11.1 Å². The zero-order valence-corrected chi connectivity index (χ0v) is 22.1. The van der Waals surface area contributed by atoms with Gasteiger partial charge in [0.15, 0.2) is 0 Å². The molecule has 0 aliphatic rings. The molecule has 4 nitrogen and oxygen atoms in total. The second-order valence-corrected chi connectivity index (χ2v) is 9.63. The van der Waals surface area contributed by atoms with E-state index in [4.69, 9.17) is 0 Å². The van der Waals surface area contributed by atoms with Gasteiger partial charge >= 0.3 is 0 Å². The molecule has 5 heteroatoms. The van der Waals surface area contributed by atoms with Crippen molar-refractivity contribution < 1.29 is 4.79 Å². The lowest BCUT2D eigenvalue weighted by atomic mass is 10.0. The standard InChI is InChI=1S/C33H24BrN3O/c34-29-16-18-30(19-17-29)37-31(25-12-6-2-7-13-25)21-27(32(37)26-14-8-3-9-15-26)20-28(22-35)33(38)36-23-24-10-4-1-5-11-24/h1-21H,23H2,(H,36,38)/b28-20+. The summed E-state index contributed by atoms with van der Waals surface area (Å²) in [4.78, 5) is 13.1. The topological polar surface area (TPSA) is 57.8 Å². The van der Waals surface area contributed by atoms with Crippen LogP contribution in [0.15, 0.2) is 131 Å². The molecule has 0 atom stereocenters. The lowest BCUT2D eigenvalue weighted by Crippen LogP contribution is -2.23. The van der Waals surface area contributed by atoms with Crippen LogP contribution in [0.5, 0.6) is 0 Å². The molecule has 1 heterocycles. The fourth-order valence-electron chi connectivity index (χ4n) is 4.39. The SMILES string of the molecule is N#C/C(=C\c1cc(-c2ccccc2)n(-c2ccc(Br)cc2)c1-c1ccccc1)C(=O)NCc1ccccc1. The van der Waals surface area contributed by atoms with E-state index in [0.29, 0.717) is 6.54 Å². The number of rotatable bonds is 7. The number of carbonyl (C=O) groups excluding carboxylic acids is 1. The molecule has 5 rings (SSSR count). The average Bonchev–Trinajstić information content (AvgIpc) is 3.35. The molecule has 0 saturated carbocycles. The Bertz CT molecular complexity index is 1620. The van der Waals surface area contributed by atoms with Gasteiger partial charge in [0, 0.05) is 22.3 Å². The first-order valence-electron chi connectivity index (χ1n) is 12.2. The summed E-state index contributed by atoms with van der Waals surface area (Å²) in [6.45, 7) is 0.347. The molecule has 0 aliphatic heterocycles. The smallest absolute Gasteiger partial charge is 0.262 e. The fourth-order valence-corrected chi connectivity index (χ4v) is 4.65. The summed E-state index contributed by atoms with van der Waals surface area (Å²) in [5.41, 5.74) is 6.63. The molecule has 1 N–H and O–H groups in total. The Kier molecular flexibility index (Phi) is 7.63. The second kappa shape index (κ2) is 11.6. The molecule has 0 saturated heterocycles. The Hall–Kier alpha value is -4.66. The van der Waals surface area contributed by atoms with Gasteiger partial charge in [0.1, 0.15) is 11.6 Å². The predicted molar refractivity (Wildman–Crippen MR) is 156 cm³/mol. The molecule has 5 aromatic rings. The molecule has 0 bridgehead atoms. The summed E-state index contributed by atoms with van der Waals surface area (Å²) in [5.74, 6) is -0.409. The number of nitrogens with zero attached hydrogens (tertiary/aromatic N) is 2. The minimum atomic E-state index is -0.409. The molecule has 0 spiro atoms. The summed E-state index contributed by atoms with van der Waals surface area (Å²) in [6.07, 6.45) is 1.68. The number of halogens is 1. The molecule has 0 fully saturated rings. The first-order valence-corrected chi connectivity index (χ1v) is 13.0. The second-order valence-electron chi connectivity index (χ2n) is 8.72. The number of hydrogen-bond donors (Lipinski definition) is 1. The van der Waals surface area contributed by atoms with Gasteiger partial charge in [-0.1, -0.05) is 107 Å². The molecular weight excluding hydrogens is 534 g/mol. The van der Waals surface area contributed by atoms with E-state index in [9.17, 15) is 10.1 Å². The molecule has 38 heavy (non-hydrogen) atoms. The maximum absolute atomic E-state index is 13.1. The molecule has 184 valence electrons. The van der Waals surface area contributed by atoms with Gasteiger partial charge in [0.2, 0.25) is 0 Å². The number of carbonyl (C=O) groups is 1. The van der Waals surface area contributed by atoms with Crippen molar-refractivity contribution in [3.05, 3.63) is 143 Å². The zero-order chi connectivity index (χ0) is 26.3. The summed E-state index contributed by atoms with van der Waals surface area (Å²) in [7, 11) is 0. The molecule has 0 aliphatic carbocycles. The van der Waals surface area contributed by atoms with E-state index in [0.717, 1.165) is 43.8 Å². The predicted octanol–water partition coefficient (Wildman–Crippen LogP) is 7.80. The number of benzene rings is 4. The first-order chi connectivity index (χ1) is 18.6. The minimum absolute atomic E-state index is 0.0469. The van der Waals surface area contributed by atoms with Gasteiger partial charge in [-0.3, -0.25) is 4.79 Å². The molecule has 1 amide bonds. The van der Waals surface area contributed by atoms with Crippen molar-refractivity contribution >= 4 is 27.9 Å². The summed E-state index contributed by atoms with van der Waals surface area (Å²) in [5, 5.41) is 12.8. The highest BCUT2D eigenvalue weighted by atomic mass is 79.9. The van der Waals surface area contributed by atoms with Gasteiger partial charge in [-0.2, -0.15) is 5.26 Å². The van der Waals surface area contributed by atoms with Crippen LogP contribution >= 0.6 is 15.9 Å². The van der Waals surface area contributed by atoms with Gasteiger partial charge in [-0.15, -0.1) is 0 Å². The van der Waals surface area contributed by atoms with Crippen LogP contribution < -0.4 is 5.32 Å². The highest BCUT2D eigenvalue weighted by Crippen LogP contribution is 2.37. The Morgan fingerprint density at radius 3 is 2.00 bits per heavy atom. The largest absolute Gasteiger partial charge is 0.347 e. The summed E-state index contributed by atoms with van der Waals surface area (Å²) >= 11 is 3.54. The molecule has 1 aromatic heterocycles. The van der Waals surface area contributed by atoms with Gasteiger partial charge in [-0.25, -0.2) is 0 Å². The number of aromatic nitrogens is 1. The van der Waals surface area contributed by atoms with E-state index >= 15 is 0 Å². The highest BCUT2D eigenvalue weighted by molar-refractivity contribution is 9.10.